The van der Waals surface area contributed by atoms with Crippen molar-refractivity contribution >= 4 is 23.1 Å². The van der Waals surface area contributed by atoms with Gasteiger partial charge in [0.25, 0.3) is 0 Å². The van der Waals surface area contributed by atoms with E-state index in [-0.39, 0.29) is 5.38 Å². The van der Waals surface area contributed by atoms with E-state index in [0.29, 0.717) is 5.88 Å². The lowest BCUT2D eigenvalue weighted by atomic mass is 10.4. The van der Waals surface area contributed by atoms with Gasteiger partial charge in [0.15, 0.2) is 0 Å². The molecule has 1 rings (SSSR count). The third-order valence-corrected chi connectivity index (χ3v) is 2.43. The zero-order valence-electron chi connectivity index (χ0n) is 5.80. The largest absolute Gasteiger partial charge is 0.480 e. The van der Waals surface area contributed by atoms with Gasteiger partial charge in [0, 0.05) is 10.9 Å². The van der Waals surface area contributed by atoms with Crippen molar-refractivity contribution in [1.29, 1.82) is 0 Å². The van der Waals surface area contributed by atoms with Crippen LogP contribution in [-0.2, 0) is 0 Å². The molecule has 0 aliphatic rings. The lowest BCUT2D eigenvalue weighted by Crippen LogP contribution is -1.79. The normalized spacial score (nSPS) is 13.1. The van der Waals surface area contributed by atoms with Crippen molar-refractivity contribution < 1.29 is 4.74 Å². The maximum atomic E-state index is 5.79. The maximum absolute atomic E-state index is 5.79. The van der Waals surface area contributed by atoms with Crippen molar-refractivity contribution in [3.63, 3.8) is 0 Å². The molecular weight excluding hydrogens is 170 g/mol. The summed E-state index contributed by atoms with van der Waals surface area (Å²) in [5.41, 5.74) is 0. The highest BCUT2D eigenvalue weighted by Gasteiger charge is 2.05. The van der Waals surface area contributed by atoms with Crippen molar-refractivity contribution in [2.45, 2.75) is 12.3 Å². The van der Waals surface area contributed by atoms with Gasteiger partial charge >= 0.3 is 0 Å². The van der Waals surface area contributed by atoms with Crippen LogP contribution in [0.5, 0.6) is 5.88 Å². The Kier molecular flexibility index (Phi) is 2.51. The molecule has 0 aliphatic heterocycles. The van der Waals surface area contributed by atoms with E-state index in [0.717, 1.165) is 4.88 Å². The van der Waals surface area contributed by atoms with Gasteiger partial charge in [-0.1, -0.05) is 0 Å². The molecule has 0 aromatic carbocycles. The molecule has 0 saturated heterocycles. The van der Waals surface area contributed by atoms with Gasteiger partial charge in [-0.25, -0.2) is 0 Å². The number of nitrogens with zero attached hydrogens (tertiary/aromatic N) is 1. The number of ether oxygens (including phenoxy) is 1. The highest BCUT2D eigenvalue weighted by atomic mass is 35.5. The van der Waals surface area contributed by atoms with Gasteiger partial charge in [-0.15, -0.1) is 11.6 Å². The van der Waals surface area contributed by atoms with Gasteiger partial charge in [0.1, 0.15) is 0 Å². The molecule has 56 valence electrons. The van der Waals surface area contributed by atoms with E-state index in [4.69, 9.17) is 16.3 Å². The summed E-state index contributed by atoms with van der Waals surface area (Å²) in [6.07, 6.45) is 0. The second-order valence-corrected chi connectivity index (χ2v) is 3.38. The fourth-order valence-electron chi connectivity index (χ4n) is 0.556. The number of hydrogen-bond donors (Lipinski definition) is 0. The molecule has 0 bridgehead atoms. The Morgan fingerprint density at radius 2 is 2.50 bits per heavy atom. The van der Waals surface area contributed by atoms with Crippen LogP contribution >= 0.6 is 23.1 Å². The molecule has 1 heterocycles. The summed E-state index contributed by atoms with van der Waals surface area (Å²) in [7, 11) is 1.59. The molecule has 0 amide bonds. The Balaban J connectivity index is 2.78. The summed E-state index contributed by atoms with van der Waals surface area (Å²) in [5, 5.41) is 0.0291. The van der Waals surface area contributed by atoms with Crippen LogP contribution in [0.15, 0.2) is 6.07 Å². The van der Waals surface area contributed by atoms with Crippen molar-refractivity contribution in [1.82, 2.24) is 4.37 Å². The van der Waals surface area contributed by atoms with E-state index in [1.165, 1.54) is 11.5 Å². The van der Waals surface area contributed by atoms with E-state index in [1.807, 2.05) is 13.0 Å². The minimum Gasteiger partial charge on any atom is -0.480 e. The average Bonchev–Trinajstić information content (AvgIpc) is 2.34. The van der Waals surface area contributed by atoms with Crippen LogP contribution in [0.1, 0.15) is 17.2 Å². The van der Waals surface area contributed by atoms with Crippen LogP contribution < -0.4 is 4.74 Å². The molecule has 0 radical (unpaired) electrons. The molecule has 2 nitrogen and oxygen atoms in total. The van der Waals surface area contributed by atoms with E-state index < -0.39 is 0 Å². The van der Waals surface area contributed by atoms with Crippen LogP contribution in [0.2, 0.25) is 0 Å². The number of halogens is 1. The van der Waals surface area contributed by atoms with Crippen molar-refractivity contribution in [2.24, 2.45) is 0 Å². The summed E-state index contributed by atoms with van der Waals surface area (Å²) >= 11 is 7.16. The number of alkyl halides is 1. The summed E-state index contributed by atoms with van der Waals surface area (Å²) in [5.74, 6) is 0.646. The molecule has 0 aliphatic carbocycles. The van der Waals surface area contributed by atoms with Gasteiger partial charge < -0.3 is 4.74 Å². The third kappa shape index (κ3) is 1.61. The topological polar surface area (TPSA) is 22.1 Å². The predicted octanol–water partition coefficient (Wildman–Crippen LogP) is 2.45. The molecule has 1 atom stereocenters. The van der Waals surface area contributed by atoms with Crippen LogP contribution in [0.4, 0.5) is 0 Å². The van der Waals surface area contributed by atoms with E-state index in [2.05, 4.69) is 4.37 Å². The molecule has 10 heavy (non-hydrogen) atoms. The molecule has 0 fully saturated rings. The van der Waals surface area contributed by atoms with Gasteiger partial charge in [-0.05, 0) is 18.5 Å². The molecule has 0 saturated carbocycles. The van der Waals surface area contributed by atoms with Crippen LogP contribution in [-0.4, -0.2) is 11.5 Å². The molecule has 0 N–H and O–H groups in total. The molecule has 1 aromatic heterocycles. The summed E-state index contributed by atoms with van der Waals surface area (Å²) in [6.45, 7) is 1.91. The van der Waals surface area contributed by atoms with E-state index >= 15 is 0 Å². The van der Waals surface area contributed by atoms with Gasteiger partial charge in [0.05, 0.1) is 12.5 Å². The Hall–Kier alpha value is -0.280. The van der Waals surface area contributed by atoms with Crippen LogP contribution in [0.3, 0.4) is 0 Å². The quantitative estimate of drug-likeness (QED) is 0.648. The van der Waals surface area contributed by atoms with E-state index in [1.54, 1.807) is 7.11 Å². The Morgan fingerprint density at radius 1 is 1.80 bits per heavy atom. The van der Waals surface area contributed by atoms with Crippen LogP contribution in [0.25, 0.3) is 0 Å². The predicted molar refractivity (Wildman–Crippen MR) is 42.9 cm³/mol. The monoisotopic (exact) mass is 177 g/mol. The standard InChI is InChI=1S/C6H8ClNOS/c1-4(7)5-3-6(9-2)8-10-5/h3-4H,1-2H3. The zero-order valence-corrected chi connectivity index (χ0v) is 7.37. The Labute approximate surface area is 68.9 Å². The smallest absolute Gasteiger partial charge is 0.225 e. The maximum Gasteiger partial charge on any atom is 0.225 e. The third-order valence-electron chi connectivity index (χ3n) is 1.11. The lowest BCUT2D eigenvalue weighted by Gasteiger charge is -1.92. The van der Waals surface area contributed by atoms with Crippen molar-refractivity contribution in [3.05, 3.63) is 10.9 Å². The first-order chi connectivity index (χ1) is 4.74. The van der Waals surface area contributed by atoms with Crippen molar-refractivity contribution in [3.8, 4) is 5.88 Å². The second kappa shape index (κ2) is 3.21. The minimum absolute atomic E-state index is 0.0291. The van der Waals surface area contributed by atoms with Crippen molar-refractivity contribution in [2.75, 3.05) is 7.11 Å². The fraction of sp³-hybridized carbons (Fsp3) is 0.500. The fourth-order valence-corrected chi connectivity index (χ4v) is 1.36. The molecule has 0 spiro atoms. The molecule has 1 unspecified atom stereocenters. The Morgan fingerprint density at radius 3 is 2.80 bits per heavy atom. The summed E-state index contributed by atoms with van der Waals surface area (Å²) in [6, 6.07) is 1.85. The highest BCUT2D eigenvalue weighted by molar-refractivity contribution is 7.06. The van der Waals surface area contributed by atoms with Gasteiger partial charge in [0.2, 0.25) is 5.88 Å². The van der Waals surface area contributed by atoms with Gasteiger partial charge in [-0.3, -0.25) is 0 Å². The average molecular weight is 178 g/mol. The Bertz CT molecular complexity index is 211. The minimum atomic E-state index is 0.0291. The van der Waals surface area contributed by atoms with Crippen LogP contribution in [0, 0.1) is 0 Å². The summed E-state index contributed by atoms with van der Waals surface area (Å²) in [4.78, 5) is 1.04. The first-order valence-corrected chi connectivity index (χ1v) is 4.09. The molecule has 1 aromatic rings. The van der Waals surface area contributed by atoms with E-state index in [9.17, 15) is 0 Å². The second-order valence-electron chi connectivity index (χ2n) is 1.89. The number of hydrogen-bond acceptors (Lipinski definition) is 3. The number of rotatable bonds is 2. The molecular formula is C6H8ClNOS. The molecule has 4 heteroatoms. The highest BCUT2D eigenvalue weighted by Crippen LogP contribution is 2.26. The van der Waals surface area contributed by atoms with Gasteiger partial charge in [-0.2, -0.15) is 4.37 Å². The summed E-state index contributed by atoms with van der Waals surface area (Å²) < 4.78 is 8.88. The number of aromatic nitrogens is 1. The first-order valence-electron chi connectivity index (χ1n) is 2.88. The zero-order chi connectivity index (χ0) is 7.56. The number of methoxy groups -OCH3 is 1. The SMILES string of the molecule is COc1cc(C(C)Cl)sn1. The lowest BCUT2D eigenvalue weighted by molar-refractivity contribution is 0.402. The first kappa shape index (κ1) is 7.82.